The van der Waals surface area contributed by atoms with E-state index in [4.69, 9.17) is 10.5 Å². The summed E-state index contributed by atoms with van der Waals surface area (Å²) in [5, 5.41) is 2.88. The molecule has 3 rings (SSSR count). The summed E-state index contributed by atoms with van der Waals surface area (Å²) < 4.78 is 5.36. The number of carbonyl (C=O) groups is 2. The molecular weight excluding hydrogens is 390 g/mol. The molecule has 0 bridgehead atoms. The fourth-order valence-electron chi connectivity index (χ4n) is 3.42. The Morgan fingerprint density at radius 2 is 1.76 bits per heavy atom. The minimum absolute atomic E-state index is 0. The van der Waals surface area contributed by atoms with Crippen molar-refractivity contribution in [3.05, 3.63) is 59.7 Å². The lowest BCUT2D eigenvalue weighted by Crippen LogP contribution is -2.31. The molecule has 2 aromatic carbocycles. The Balaban J connectivity index is 0.00000300. The van der Waals surface area contributed by atoms with E-state index in [9.17, 15) is 9.59 Å². The number of anilines is 1. The Morgan fingerprint density at radius 1 is 1.10 bits per heavy atom. The molecule has 0 saturated carbocycles. The van der Waals surface area contributed by atoms with Crippen molar-refractivity contribution >= 4 is 29.9 Å². The highest BCUT2D eigenvalue weighted by Crippen LogP contribution is 2.28. The van der Waals surface area contributed by atoms with Crippen LogP contribution in [0.15, 0.2) is 48.5 Å². The second kappa shape index (κ2) is 10.3. The second-order valence-electron chi connectivity index (χ2n) is 7.13. The summed E-state index contributed by atoms with van der Waals surface area (Å²) in [6, 6.07) is 14.2. The predicted octanol–water partition coefficient (Wildman–Crippen LogP) is 3.63. The van der Waals surface area contributed by atoms with Gasteiger partial charge in [0, 0.05) is 24.7 Å². The number of nitrogens with zero attached hydrogens (tertiary/aromatic N) is 1. The van der Waals surface area contributed by atoms with Crippen LogP contribution in [-0.2, 0) is 4.79 Å². The molecule has 156 valence electrons. The predicted molar refractivity (Wildman–Crippen MR) is 117 cm³/mol. The van der Waals surface area contributed by atoms with Crippen LogP contribution in [0.4, 0.5) is 5.69 Å². The molecule has 1 fully saturated rings. The van der Waals surface area contributed by atoms with Gasteiger partial charge in [-0.05, 0) is 36.6 Å². The van der Waals surface area contributed by atoms with E-state index >= 15 is 0 Å². The highest BCUT2D eigenvalue weighted by molar-refractivity contribution is 5.99. The molecule has 1 heterocycles. The maximum absolute atomic E-state index is 12.8. The molecule has 0 spiro atoms. The zero-order chi connectivity index (χ0) is 20.1. The maximum Gasteiger partial charge on any atom is 0.253 e. The lowest BCUT2D eigenvalue weighted by molar-refractivity contribution is -0.120. The van der Waals surface area contributed by atoms with Crippen molar-refractivity contribution in [2.45, 2.75) is 25.8 Å². The van der Waals surface area contributed by atoms with Crippen LogP contribution in [0.1, 0.15) is 41.7 Å². The Kier molecular flexibility index (Phi) is 8.05. The Bertz CT molecular complexity index is 838. The van der Waals surface area contributed by atoms with Crippen LogP contribution in [0.3, 0.4) is 0 Å². The number of nitrogens with two attached hydrogens (primary N) is 1. The minimum Gasteiger partial charge on any atom is -0.495 e. The van der Waals surface area contributed by atoms with Gasteiger partial charge in [0.2, 0.25) is 5.91 Å². The third-order valence-electron chi connectivity index (χ3n) is 5.23. The molecule has 1 aliphatic heterocycles. The van der Waals surface area contributed by atoms with Crippen molar-refractivity contribution in [3.63, 3.8) is 0 Å². The molecule has 1 aliphatic rings. The fraction of sp³-hybridized carbons (Fsp3) is 0.364. The number of amides is 2. The van der Waals surface area contributed by atoms with Crippen molar-refractivity contribution in [2.24, 2.45) is 11.7 Å². The van der Waals surface area contributed by atoms with E-state index in [1.54, 1.807) is 25.1 Å². The number of ether oxygens (including phenoxy) is 1. The molecule has 2 amide bonds. The summed E-state index contributed by atoms with van der Waals surface area (Å²) in [4.78, 5) is 27.3. The van der Waals surface area contributed by atoms with Gasteiger partial charge in [-0.2, -0.15) is 0 Å². The first-order valence-corrected chi connectivity index (χ1v) is 9.60. The van der Waals surface area contributed by atoms with Gasteiger partial charge in [-0.15, -0.1) is 12.4 Å². The van der Waals surface area contributed by atoms with Gasteiger partial charge in [0.25, 0.3) is 5.91 Å². The van der Waals surface area contributed by atoms with Crippen molar-refractivity contribution in [2.75, 3.05) is 25.5 Å². The van der Waals surface area contributed by atoms with E-state index in [1.807, 2.05) is 35.2 Å². The van der Waals surface area contributed by atoms with E-state index in [-0.39, 0.29) is 24.2 Å². The number of methoxy groups -OCH3 is 1. The van der Waals surface area contributed by atoms with Crippen molar-refractivity contribution in [3.8, 4) is 5.75 Å². The van der Waals surface area contributed by atoms with Gasteiger partial charge in [0.1, 0.15) is 5.75 Å². The topological polar surface area (TPSA) is 84.7 Å². The Hall–Kier alpha value is -2.57. The van der Waals surface area contributed by atoms with Crippen LogP contribution in [0, 0.1) is 5.92 Å². The molecular formula is C22H28ClN3O3. The lowest BCUT2D eigenvalue weighted by Gasteiger charge is -2.21. The monoisotopic (exact) mass is 417 g/mol. The number of hydrogen-bond donors (Lipinski definition) is 2. The van der Waals surface area contributed by atoms with Gasteiger partial charge in [-0.1, -0.05) is 37.3 Å². The van der Waals surface area contributed by atoms with E-state index in [0.717, 1.165) is 31.5 Å². The molecule has 0 aliphatic carbocycles. The first kappa shape index (κ1) is 22.7. The number of likely N-dealkylation sites (tertiary alicyclic amines) is 1. The second-order valence-corrected chi connectivity index (χ2v) is 7.13. The summed E-state index contributed by atoms with van der Waals surface area (Å²) in [6.45, 7) is 3.34. The molecule has 2 aromatic rings. The SMILES string of the molecule is COc1ccc(C(=O)N2CCCC2)cc1NC(=O)C(C)C(N)c1ccccc1.Cl. The smallest absolute Gasteiger partial charge is 0.253 e. The zero-order valence-electron chi connectivity index (χ0n) is 16.8. The minimum atomic E-state index is -0.454. The summed E-state index contributed by atoms with van der Waals surface area (Å²) in [5.74, 6) is -0.193. The molecule has 29 heavy (non-hydrogen) atoms. The van der Waals surface area contributed by atoms with E-state index < -0.39 is 12.0 Å². The molecule has 2 unspecified atom stereocenters. The number of nitrogens with one attached hydrogen (secondary N) is 1. The van der Waals surface area contributed by atoms with Crippen LogP contribution in [0.5, 0.6) is 5.75 Å². The van der Waals surface area contributed by atoms with Crippen LogP contribution in [-0.4, -0.2) is 36.9 Å². The van der Waals surface area contributed by atoms with Gasteiger partial charge < -0.3 is 20.7 Å². The van der Waals surface area contributed by atoms with Gasteiger partial charge in [0.05, 0.1) is 18.7 Å². The van der Waals surface area contributed by atoms with Gasteiger partial charge in [-0.25, -0.2) is 0 Å². The highest BCUT2D eigenvalue weighted by atomic mass is 35.5. The average Bonchev–Trinajstić information content (AvgIpc) is 3.27. The summed E-state index contributed by atoms with van der Waals surface area (Å²) in [7, 11) is 1.53. The molecule has 0 aromatic heterocycles. The van der Waals surface area contributed by atoms with Gasteiger partial charge in [0.15, 0.2) is 0 Å². The first-order valence-electron chi connectivity index (χ1n) is 9.60. The van der Waals surface area contributed by atoms with E-state index in [2.05, 4.69) is 5.32 Å². The summed E-state index contributed by atoms with van der Waals surface area (Å²) >= 11 is 0. The summed E-state index contributed by atoms with van der Waals surface area (Å²) in [5.41, 5.74) is 8.19. The summed E-state index contributed by atoms with van der Waals surface area (Å²) in [6.07, 6.45) is 2.06. The number of benzene rings is 2. The molecule has 0 radical (unpaired) electrons. The van der Waals surface area contributed by atoms with Crippen LogP contribution in [0.25, 0.3) is 0 Å². The molecule has 3 N–H and O–H groups in total. The largest absolute Gasteiger partial charge is 0.495 e. The van der Waals surface area contributed by atoms with Crippen LogP contribution < -0.4 is 15.8 Å². The van der Waals surface area contributed by atoms with Crippen LogP contribution in [0.2, 0.25) is 0 Å². The Morgan fingerprint density at radius 3 is 2.38 bits per heavy atom. The van der Waals surface area contributed by atoms with Gasteiger partial charge >= 0.3 is 0 Å². The molecule has 7 heteroatoms. The zero-order valence-corrected chi connectivity index (χ0v) is 17.6. The van der Waals surface area contributed by atoms with Crippen LogP contribution >= 0.6 is 12.4 Å². The molecule has 2 atom stereocenters. The Labute approximate surface area is 177 Å². The third-order valence-corrected chi connectivity index (χ3v) is 5.23. The van der Waals surface area contributed by atoms with Crippen molar-refractivity contribution in [1.29, 1.82) is 0 Å². The highest BCUT2D eigenvalue weighted by Gasteiger charge is 2.24. The third kappa shape index (κ3) is 5.28. The van der Waals surface area contributed by atoms with E-state index in [1.165, 1.54) is 7.11 Å². The van der Waals surface area contributed by atoms with Crippen molar-refractivity contribution in [1.82, 2.24) is 4.90 Å². The fourth-order valence-corrected chi connectivity index (χ4v) is 3.42. The van der Waals surface area contributed by atoms with Gasteiger partial charge in [-0.3, -0.25) is 9.59 Å². The maximum atomic E-state index is 12.8. The number of hydrogen-bond acceptors (Lipinski definition) is 4. The first-order chi connectivity index (χ1) is 13.5. The molecule has 1 saturated heterocycles. The normalized spacial score (nSPS) is 15.2. The number of carbonyl (C=O) groups excluding carboxylic acids is 2. The number of halogens is 1. The molecule has 6 nitrogen and oxygen atoms in total. The quantitative estimate of drug-likeness (QED) is 0.751. The number of rotatable bonds is 6. The van der Waals surface area contributed by atoms with Crippen molar-refractivity contribution < 1.29 is 14.3 Å². The lowest BCUT2D eigenvalue weighted by atomic mass is 9.94. The van der Waals surface area contributed by atoms with E-state index in [0.29, 0.717) is 17.0 Å². The average molecular weight is 418 g/mol. The standard InChI is InChI=1S/C22H27N3O3.ClH/c1-15(20(23)16-8-4-3-5-9-16)21(26)24-18-14-17(10-11-19(18)28-2)22(27)25-12-6-7-13-25;/h3-5,8-11,14-15,20H,6-7,12-13,23H2,1-2H3,(H,24,26);1H.